The van der Waals surface area contributed by atoms with E-state index in [1.54, 1.807) is 0 Å². The highest BCUT2D eigenvalue weighted by molar-refractivity contribution is 4.97. The SMILES string of the molecule is CCCC(C)CC1(CCC)CCC1C(C)C. The Hall–Kier alpha value is 0. The van der Waals surface area contributed by atoms with Crippen LogP contribution in [-0.2, 0) is 0 Å². The molecule has 3 atom stereocenters. The third-order valence-electron chi connectivity index (χ3n) is 4.83. The summed E-state index contributed by atoms with van der Waals surface area (Å²) in [6.07, 6.45) is 10.1. The molecule has 0 spiro atoms. The average molecular weight is 224 g/mol. The molecule has 1 rings (SSSR count). The van der Waals surface area contributed by atoms with Crippen LogP contribution in [0, 0.1) is 23.2 Å². The van der Waals surface area contributed by atoms with Crippen molar-refractivity contribution in [2.24, 2.45) is 23.2 Å². The molecule has 1 aliphatic rings. The highest BCUT2D eigenvalue weighted by Gasteiger charge is 2.47. The molecule has 0 aromatic rings. The summed E-state index contributed by atoms with van der Waals surface area (Å²) in [5.41, 5.74) is 0.734. The van der Waals surface area contributed by atoms with Crippen molar-refractivity contribution in [3.05, 3.63) is 0 Å². The van der Waals surface area contributed by atoms with E-state index < -0.39 is 0 Å². The van der Waals surface area contributed by atoms with Gasteiger partial charge >= 0.3 is 0 Å². The van der Waals surface area contributed by atoms with E-state index in [0.717, 1.165) is 23.2 Å². The van der Waals surface area contributed by atoms with Crippen LogP contribution in [0.1, 0.15) is 79.6 Å². The van der Waals surface area contributed by atoms with Crippen molar-refractivity contribution in [3.8, 4) is 0 Å². The van der Waals surface area contributed by atoms with Crippen LogP contribution in [0.3, 0.4) is 0 Å². The molecule has 3 unspecified atom stereocenters. The minimum Gasteiger partial charge on any atom is -0.0654 e. The average Bonchev–Trinajstić information content (AvgIpc) is 2.14. The Morgan fingerprint density at radius 3 is 2.19 bits per heavy atom. The Labute approximate surface area is 103 Å². The van der Waals surface area contributed by atoms with Gasteiger partial charge in [-0.05, 0) is 48.9 Å². The lowest BCUT2D eigenvalue weighted by Crippen LogP contribution is -2.44. The number of hydrogen-bond donors (Lipinski definition) is 0. The fourth-order valence-electron chi connectivity index (χ4n) is 4.21. The minimum absolute atomic E-state index is 0.734. The summed E-state index contributed by atoms with van der Waals surface area (Å²) in [6, 6.07) is 0. The van der Waals surface area contributed by atoms with Crippen molar-refractivity contribution in [2.75, 3.05) is 0 Å². The van der Waals surface area contributed by atoms with E-state index in [1.807, 2.05) is 0 Å². The van der Waals surface area contributed by atoms with E-state index in [-0.39, 0.29) is 0 Å². The quantitative estimate of drug-likeness (QED) is 0.523. The van der Waals surface area contributed by atoms with Gasteiger partial charge in [-0.2, -0.15) is 0 Å². The van der Waals surface area contributed by atoms with Crippen LogP contribution in [0.15, 0.2) is 0 Å². The van der Waals surface area contributed by atoms with Crippen LogP contribution in [0.5, 0.6) is 0 Å². The molecule has 0 bridgehead atoms. The normalized spacial score (nSPS) is 31.5. The molecule has 0 nitrogen and oxygen atoms in total. The first-order valence-electron chi connectivity index (χ1n) is 7.55. The molecule has 16 heavy (non-hydrogen) atoms. The molecule has 0 N–H and O–H groups in total. The molecule has 0 aromatic heterocycles. The molecule has 1 aliphatic carbocycles. The standard InChI is InChI=1S/C16H32/c1-6-8-14(5)12-16(10-7-2)11-9-15(16)13(3)4/h13-15H,6-12H2,1-5H3. The highest BCUT2D eigenvalue weighted by Crippen LogP contribution is 2.57. The Morgan fingerprint density at radius 1 is 1.12 bits per heavy atom. The van der Waals surface area contributed by atoms with Crippen molar-refractivity contribution < 1.29 is 0 Å². The van der Waals surface area contributed by atoms with E-state index in [1.165, 1.54) is 44.9 Å². The van der Waals surface area contributed by atoms with E-state index in [9.17, 15) is 0 Å². The molecule has 96 valence electrons. The van der Waals surface area contributed by atoms with Gasteiger partial charge in [0.25, 0.3) is 0 Å². The van der Waals surface area contributed by atoms with Crippen LogP contribution in [0.25, 0.3) is 0 Å². The van der Waals surface area contributed by atoms with E-state index in [2.05, 4.69) is 34.6 Å². The second-order valence-corrected chi connectivity index (χ2v) is 6.60. The van der Waals surface area contributed by atoms with Crippen LogP contribution >= 0.6 is 0 Å². The molecule has 0 heterocycles. The van der Waals surface area contributed by atoms with Crippen LogP contribution in [0.2, 0.25) is 0 Å². The second kappa shape index (κ2) is 6.07. The van der Waals surface area contributed by atoms with Crippen LogP contribution in [-0.4, -0.2) is 0 Å². The van der Waals surface area contributed by atoms with Crippen molar-refractivity contribution in [1.82, 2.24) is 0 Å². The molecule has 0 saturated heterocycles. The monoisotopic (exact) mass is 224 g/mol. The molecular weight excluding hydrogens is 192 g/mol. The fraction of sp³-hybridized carbons (Fsp3) is 1.00. The molecule has 0 amide bonds. The van der Waals surface area contributed by atoms with E-state index in [4.69, 9.17) is 0 Å². The van der Waals surface area contributed by atoms with Gasteiger partial charge in [0, 0.05) is 0 Å². The summed E-state index contributed by atoms with van der Waals surface area (Å²) < 4.78 is 0. The predicted octanol–water partition coefficient (Wildman–Crippen LogP) is 5.67. The summed E-state index contributed by atoms with van der Waals surface area (Å²) in [6.45, 7) is 12.0. The van der Waals surface area contributed by atoms with Crippen molar-refractivity contribution >= 4 is 0 Å². The lowest BCUT2D eigenvalue weighted by atomic mass is 9.52. The van der Waals surface area contributed by atoms with Crippen molar-refractivity contribution in [1.29, 1.82) is 0 Å². The van der Waals surface area contributed by atoms with Crippen LogP contribution in [0.4, 0.5) is 0 Å². The Kier molecular flexibility index (Phi) is 5.34. The van der Waals surface area contributed by atoms with Gasteiger partial charge in [0.15, 0.2) is 0 Å². The summed E-state index contributed by atoms with van der Waals surface area (Å²) in [7, 11) is 0. The van der Waals surface area contributed by atoms with Gasteiger partial charge in [-0.1, -0.05) is 53.9 Å². The zero-order chi connectivity index (χ0) is 12.2. The maximum Gasteiger partial charge on any atom is -0.0264 e. The smallest absolute Gasteiger partial charge is 0.0264 e. The van der Waals surface area contributed by atoms with E-state index in [0.29, 0.717) is 0 Å². The molecular formula is C16H32. The molecule has 0 heteroatoms. The zero-order valence-corrected chi connectivity index (χ0v) is 12.2. The van der Waals surface area contributed by atoms with E-state index >= 15 is 0 Å². The summed E-state index contributed by atoms with van der Waals surface area (Å²) in [5.74, 6) is 2.86. The third kappa shape index (κ3) is 3.02. The van der Waals surface area contributed by atoms with Crippen molar-refractivity contribution in [3.63, 3.8) is 0 Å². The Balaban J connectivity index is 2.59. The minimum atomic E-state index is 0.734. The molecule has 0 radical (unpaired) electrons. The lowest BCUT2D eigenvalue weighted by molar-refractivity contribution is -0.0338. The van der Waals surface area contributed by atoms with Gasteiger partial charge in [-0.3, -0.25) is 0 Å². The summed E-state index contributed by atoms with van der Waals surface area (Å²) >= 11 is 0. The number of hydrogen-bond acceptors (Lipinski definition) is 0. The van der Waals surface area contributed by atoms with Gasteiger partial charge in [-0.15, -0.1) is 0 Å². The maximum atomic E-state index is 2.47. The fourth-order valence-corrected chi connectivity index (χ4v) is 4.21. The first-order valence-corrected chi connectivity index (χ1v) is 7.55. The highest BCUT2D eigenvalue weighted by atomic mass is 14.5. The first-order chi connectivity index (χ1) is 7.55. The largest absolute Gasteiger partial charge is 0.0654 e. The van der Waals surface area contributed by atoms with Gasteiger partial charge in [0.05, 0.1) is 0 Å². The maximum absolute atomic E-state index is 2.47. The lowest BCUT2D eigenvalue weighted by Gasteiger charge is -2.53. The summed E-state index contributed by atoms with van der Waals surface area (Å²) in [4.78, 5) is 0. The molecule has 0 aromatic carbocycles. The summed E-state index contributed by atoms with van der Waals surface area (Å²) in [5, 5.41) is 0. The van der Waals surface area contributed by atoms with Gasteiger partial charge in [-0.25, -0.2) is 0 Å². The molecule has 1 fully saturated rings. The second-order valence-electron chi connectivity index (χ2n) is 6.60. The molecule has 1 saturated carbocycles. The Morgan fingerprint density at radius 2 is 1.81 bits per heavy atom. The number of rotatable bonds is 7. The zero-order valence-electron chi connectivity index (χ0n) is 12.2. The Bertz CT molecular complexity index is 194. The van der Waals surface area contributed by atoms with Gasteiger partial charge < -0.3 is 0 Å². The topological polar surface area (TPSA) is 0 Å². The third-order valence-corrected chi connectivity index (χ3v) is 4.83. The first kappa shape index (κ1) is 14.1. The van der Waals surface area contributed by atoms with Crippen molar-refractivity contribution in [2.45, 2.75) is 79.6 Å². The van der Waals surface area contributed by atoms with Crippen LogP contribution < -0.4 is 0 Å². The van der Waals surface area contributed by atoms with Gasteiger partial charge in [0.1, 0.15) is 0 Å². The molecule has 0 aliphatic heterocycles. The predicted molar refractivity (Wildman–Crippen MR) is 73.6 cm³/mol. The van der Waals surface area contributed by atoms with Gasteiger partial charge in [0.2, 0.25) is 0 Å².